The summed E-state index contributed by atoms with van der Waals surface area (Å²) in [4.78, 5) is 58.2. The number of alkyl halides is 1. The average molecular weight is 689 g/mol. The number of hydrogen-bond donors (Lipinski definition) is 2. The lowest BCUT2D eigenvalue weighted by Gasteiger charge is -2.40. The van der Waals surface area contributed by atoms with E-state index in [0.29, 0.717) is 18.4 Å². The van der Waals surface area contributed by atoms with E-state index in [4.69, 9.17) is 9.47 Å². The molecular formula is C34H46BrN3O7. The van der Waals surface area contributed by atoms with Gasteiger partial charge in [0.15, 0.2) is 0 Å². The Hall–Kier alpha value is -3.02. The van der Waals surface area contributed by atoms with Gasteiger partial charge in [0.25, 0.3) is 0 Å². The first-order valence-electron chi connectivity index (χ1n) is 15.8. The summed E-state index contributed by atoms with van der Waals surface area (Å²) in [6.07, 6.45) is 4.56. The monoisotopic (exact) mass is 687 g/mol. The summed E-state index contributed by atoms with van der Waals surface area (Å²) in [6.45, 7) is 13.2. The highest BCUT2D eigenvalue weighted by molar-refractivity contribution is 9.09. The summed E-state index contributed by atoms with van der Waals surface area (Å²) in [7, 11) is 0. The number of fused-ring (bicyclic) bond motifs is 1. The van der Waals surface area contributed by atoms with Crippen molar-refractivity contribution in [3.63, 3.8) is 0 Å². The molecule has 246 valence electrons. The van der Waals surface area contributed by atoms with E-state index in [9.17, 15) is 24.3 Å². The van der Waals surface area contributed by atoms with Crippen LogP contribution in [0.4, 0.5) is 0 Å². The third-order valence-corrected chi connectivity index (χ3v) is 10.2. The Kier molecular flexibility index (Phi) is 11.7. The van der Waals surface area contributed by atoms with Gasteiger partial charge in [0.05, 0.1) is 37.1 Å². The Morgan fingerprint density at radius 2 is 1.96 bits per heavy atom. The van der Waals surface area contributed by atoms with Gasteiger partial charge in [-0.2, -0.15) is 0 Å². The molecule has 2 unspecified atom stereocenters. The molecule has 2 bridgehead atoms. The molecule has 3 aliphatic rings. The summed E-state index contributed by atoms with van der Waals surface area (Å²) in [5.74, 6) is -3.49. The number of rotatable bonds is 16. The predicted octanol–water partition coefficient (Wildman–Crippen LogP) is 3.69. The molecule has 3 saturated heterocycles. The number of nitrogens with zero attached hydrogens (tertiary/aromatic N) is 2. The maximum Gasteiger partial charge on any atom is 0.313 e. The molecule has 11 heteroatoms. The number of halogens is 1. The standard InChI is InChI=1S/C34H46BrN3O7/c1-6-9-16-26(40)36-19-25(23-14-11-10-12-15-23)44-33(43)27-28-31(41)38(22(5)20-39)30(34(28)18-24(35)29(27)45-34)32(42)37(17-8-3)21(4)13-7-2/h6,8,10-12,14-15,21-22,24-25,27-30,39H,1,3,7,9,13,16-20H2,2,4-5H3,(H,36,40)/t21?,22-,24?,25+,27+,28-,29+,30+,34-/m1/s1. The normalized spacial score (nSPS) is 28.6. The lowest BCUT2D eigenvalue weighted by molar-refractivity contribution is -0.161. The van der Waals surface area contributed by atoms with Gasteiger partial charge in [0.2, 0.25) is 17.7 Å². The number of aliphatic hydroxyl groups excluding tert-OH is 1. The summed E-state index contributed by atoms with van der Waals surface area (Å²) in [6, 6.07) is 7.26. The zero-order valence-corrected chi connectivity index (χ0v) is 28.0. The van der Waals surface area contributed by atoms with Crippen LogP contribution in [-0.2, 0) is 28.7 Å². The van der Waals surface area contributed by atoms with Crippen LogP contribution in [0.2, 0.25) is 0 Å². The molecule has 9 atom stereocenters. The topological polar surface area (TPSA) is 125 Å². The largest absolute Gasteiger partial charge is 0.455 e. The molecule has 3 heterocycles. The van der Waals surface area contributed by atoms with Crippen LogP contribution in [-0.4, -0.2) is 93.0 Å². The van der Waals surface area contributed by atoms with Crippen molar-refractivity contribution in [1.29, 1.82) is 0 Å². The van der Waals surface area contributed by atoms with Gasteiger partial charge in [0, 0.05) is 23.8 Å². The van der Waals surface area contributed by atoms with Crippen LogP contribution in [0.25, 0.3) is 0 Å². The quantitative estimate of drug-likeness (QED) is 0.154. The number of carbonyl (C=O) groups is 4. The molecule has 3 fully saturated rings. The van der Waals surface area contributed by atoms with E-state index < -0.39 is 53.6 Å². The molecule has 3 aliphatic heterocycles. The van der Waals surface area contributed by atoms with Gasteiger partial charge in [-0.05, 0) is 38.7 Å². The van der Waals surface area contributed by atoms with Crippen molar-refractivity contribution in [3.8, 4) is 0 Å². The Morgan fingerprint density at radius 3 is 2.58 bits per heavy atom. The zero-order chi connectivity index (χ0) is 32.9. The number of benzene rings is 1. The fraction of sp³-hybridized carbons (Fsp3) is 0.588. The van der Waals surface area contributed by atoms with Gasteiger partial charge in [-0.25, -0.2) is 0 Å². The first kappa shape index (κ1) is 34.8. The Labute approximate surface area is 274 Å². The number of esters is 1. The first-order chi connectivity index (χ1) is 21.6. The summed E-state index contributed by atoms with van der Waals surface area (Å²) < 4.78 is 12.7. The van der Waals surface area contributed by atoms with Crippen LogP contribution >= 0.6 is 15.9 Å². The van der Waals surface area contributed by atoms with Crippen LogP contribution in [0.5, 0.6) is 0 Å². The third kappa shape index (κ3) is 6.76. The van der Waals surface area contributed by atoms with Gasteiger partial charge < -0.3 is 29.7 Å². The lowest BCUT2D eigenvalue weighted by Crippen LogP contribution is -2.59. The van der Waals surface area contributed by atoms with Gasteiger partial charge in [-0.3, -0.25) is 19.2 Å². The van der Waals surface area contributed by atoms with Crippen molar-refractivity contribution in [2.45, 2.75) is 93.6 Å². The summed E-state index contributed by atoms with van der Waals surface area (Å²) in [5, 5.41) is 13.0. The third-order valence-electron chi connectivity index (χ3n) is 9.31. The summed E-state index contributed by atoms with van der Waals surface area (Å²) in [5.41, 5.74) is -0.595. The highest BCUT2D eigenvalue weighted by Crippen LogP contribution is 2.61. The van der Waals surface area contributed by atoms with Crippen molar-refractivity contribution in [2.75, 3.05) is 19.7 Å². The SMILES string of the molecule is C=CCCC(=O)NC[C@H](OC(=O)[C@@H]1[C@H]2O[C@@]3(CC2Br)[C@H](C(=O)N(CC=C)C(C)CCC)N([C@H](C)CO)C(=O)[C@@H]13)c1ccccc1. The Balaban J connectivity index is 1.68. The highest BCUT2D eigenvalue weighted by atomic mass is 79.9. The van der Waals surface area contributed by atoms with Crippen molar-refractivity contribution in [2.24, 2.45) is 11.8 Å². The fourth-order valence-corrected chi connectivity index (χ4v) is 8.12. The molecule has 0 saturated carbocycles. The molecule has 0 aromatic heterocycles. The molecule has 1 aromatic carbocycles. The van der Waals surface area contributed by atoms with Crippen molar-refractivity contribution < 1.29 is 33.8 Å². The number of hydrogen-bond acceptors (Lipinski definition) is 7. The number of carbonyl (C=O) groups excluding carboxylic acids is 4. The van der Waals surface area contributed by atoms with Crippen LogP contribution in [0, 0.1) is 11.8 Å². The number of ether oxygens (including phenoxy) is 2. The number of likely N-dealkylation sites (tertiary alicyclic amines) is 1. The molecule has 1 spiro atoms. The van der Waals surface area contributed by atoms with Gasteiger partial charge in [-0.1, -0.05) is 71.8 Å². The minimum atomic E-state index is -1.29. The minimum absolute atomic E-state index is 0.0477. The van der Waals surface area contributed by atoms with Crippen LogP contribution in [0.15, 0.2) is 55.6 Å². The van der Waals surface area contributed by atoms with E-state index in [2.05, 4.69) is 34.4 Å². The van der Waals surface area contributed by atoms with Gasteiger partial charge >= 0.3 is 5.97 Å². The zero-order valence-electron chi connectivity index (χ0n) is 26.4. The minimum Gasteiger partial charge on any atom is -0.455 e. The number of nitrogens with one attached hydrogen (secondary N) is 1. The maximum atomic E-state index is 14.5. The van der Waals surface area contributed by atoms with Crippen molar-refractivity contribution in [3.05, 3.63) is 61.2 Å². The van der Waals surface area contributed by atoms with E-state index in [1.54, 1.807) is 24.0 Å². The van der Waals surface area contributed by atoms with Gasteiger partial charge in [-0.15, -0.1) is 13.2 Å². The Bertz CT molecular complexity index is 1260. The van der Waals surface area contributed by atoms with E-state index in [0.717, 1.165) is 12.8 Å². The fourth-order valence-electron chi connectivity index (χ4n) is 7.18. The van der Waals surface area contributed by atoms with Gasteiger partial charge in [0.1, 0.15) is 17.7 Å². The van der Waals surface area contributed by atoms with Crippen LogP contribution in [0.3, 0.4) is 0 Å². The second kappa shape index (κ2) is 15.0. The molecule has 4 rings (SSSR count). The predicted molar refractivity (Wildman–Crippen MR) is 173 cm³/mol. The highest BCUT2D eigenvalue weighted by Gasteiger charge is 2.77. The average Bonchev–Trinajstić information content (AvgIpc) is 3.63. The molecule has 10 nitrogen and oxygen atoms in total. The molecule has 0 radical (unpaired) electrons. The van der Waals surface area contributed by atoms with E-state index in [1.165, 1.54) is 4.90 Å². The van der Waals surface area contributed by atoms with Crippen molar-refractivity contribution in [1.82, 2.24) is 15.1 Å². The maximum absolute atomic E-state index is 14.5. The van der Waals surface area contributed by atoms with E-state index in [1.807, 2.05) is 44.2 Å². The molecule has 1 aromatic rings. The second-order valence-electron chi connectivity index (χ2n) is 12.3. The summed E-state index contributed by atoms with van der Waals surface area (Å²) >= 11 is 3.69. The molecular weight excluding hydrogens is 642 g/mol. The van der Waals surface area contributed by atoms with Crippen LogP contribution in [0.1, 0.15) is 64.5 Å². The molecule has 2 N–H and O–H groups in total. The smallest absolute Gasteiger partial charge is 0.313 e. The van der Waals surface area contributed by atoms with Crippen molar-refractivity contribution >= 4 is 39.6 Å². The molecule has 3 amide bonds. The first-order valence-corrected chi connectivity index (χ1v) is 16.8. The Morgan fingerprint density at radius 1 is 1.24 bits per heavy atom. The molecule has 0 aliphatic carbocycles. The van der Waals surface area contributed by atoms with E-state index >= 15 is 0 Å². The number of aliphatic hydroxyl groups is 1. The second-order valence-corrected chi connectivity index (χ2v) is 13.5. The molecule has 45 heavy (non-hydrogen) atoms. The number of amides is 3. The van der Waals surface area contributed by atoms with E-state index in [-0.39, 0.29) is 48.8 Å². The lowest BCUT2D eigenvalue weighted by atomic mass is 9.70. The number of allylic oxidation sites excluding steroid dienone is 1. The van der Waals surface area contributed by atoms with Crippen LogP contribution < -0.4 is 5.32 Å².